The van der Waals surface area contributed by atoms with Crippen molar-refractivity contribution in [1.82, 2.24) is 9.97 Å². The summed E-state index contributed by atoms with van der Waals surface area (Å²) in [6.07, 6.45) is 1.62. The smallest absolute Gasteiger partial charge is 0.159 e. The molecule has 6 heteroatoms. The topological polar surface area (TPSA) is 78.0 Å². The van der Waals surface area contributed by atoms with E-state index in [1.165, 1.54) is 6.92 Å². The number of fused-ring (bicyclic) bond motifs is 1. The Hall–Kier alpha value is -2.31. The van der Waals surface area contributed by atoms with Gasteiger partial charge in [-0.3, -0.25) is 4.79 Å². The number of nitrogens with zero attached hydrogens (tertiary/aromatic N) is 1. The Kier molecular flexibility index (Phi) is 4.11. The Morgan fingerprint density at radius 3 is 2.70 bits per heavy atom. The first-order valence-electron chi connectivity index (χ1n) is 7.02. The van der Waals surface area contributed by atoms with E-state index >= 15 is 0 Å². The van der Waals surface area contributed by atoms with Crippen molar-refractivity contribution in [2.45, 2.75) is 11.8 Å². The van der Waals surface area contributed by atoms with E-state index in [2.05, 4.69) is 9.97 Å². The number of benzene rings is 2. The third kappa shape index (κ3) is 2.95. The van der Waals surface area contributed by atoms with Gasteiger partial charge >= 0.3 is 0 Å². The molecule has 0 radical (unpaired) electrons. The molecule has 1 aromatic heterocycles. The van der Waals surface area contributed by atoms with E-state index in [9.17, 15) is 9.35 Å². The number of aromatic nitrogens is 2. The fraction of sp³-hybridized carbons (Fsp3) is 0.176. The standard InChI is InChI=1S/C17H16N2O3S/c1-10(20)11-4-7-14-15(8-11)19-17(18-14)13-6-5-12(23(3)21)9-16(13)22-2/h4-9H,1-3H3,(H,18,19). The molecule has 118 valence electrons. The van der Waals surface area contributed by atoms with Crippen LogP contribution in [-0.4, -0.2) is 33.7 Å². The van der Waals surface area contributed by atoms with E-state index in [0.29, 0.717) is 22.0 Å². The summed E-state index contributed by atoms with van der Waals surface area (Å²) in [5.74, 6) is 1.25. The van der Waals surface area contributed by atoms with E-state index in [-0.39, 0.29) is 5.78 Å². The van der Waals surface area contributed by atoms with Gasteiger partial charge in [0.15, 0.2) is 10.7 Å². The fourth-order valence-electron chi connectivity index (χ4n) is 2.40. The van der Waals surface area contributed by atoms with Crippen molar-refractivity contribution in [3.05, 3.63) is 42.0 Å². The van der Waals surface area contributed by atoms with Crippen molar-refractivity contribution in [1.29, 1.82) is 0 Å². The summed E-state index contributed by atoms with van der Waals surface area (Å²) in [4.78, 5) is 19.9. The molecule has 0 aliphatic rings. The number of ketones is 1. The van der Waals surface area contributed by atoms with Gasteiger partial charge in [0.1, 0.15) is 17.8 Å². The van der Waals surface area contributed by atoms with Crippen LogP contribution in [-0.2, 0) is 11.2 Å². The number of hydrogen-bond donors (Lipinski definition) is 1. The number of carbonyl (C=O) groups excluding carboxylic acids is 1. The number of ether oxygens (including phenoxy) is 1. The lowest BCUT2D eigenvalue weighted by Crippen LogP contribution is -1.99. The van der Waals surface area contributed by atoms with Crippen molar-refractivity contribution in [3.63, 3.8) is 0 Å². The van der Waals surface area contributed by atoms with Gasteiger partial charge in [-0.15, -0.1) is 0 Å². The van der Waals surface area contributed by atoms with Crippen LogP contribution in [0.5, 0.6) is 5.75 Å². The Morgan fingerprint density at radius 1 is 1.26 bits per heavy atom. The van der Waals surface area contributed by atoms with Gasteiger partial charge in [-0.2, -0.15) is 0 Å². The Labute approximate surface area is 136 Å². The summed E-state index contributed by atoms with van der Waals surface area (Å²) < 4.78 is 17.0. The van der Waals surface area contributed by atoms with Crippen LogP contribution in [0.4, 0.5) is 0 Å². The number of rotatable bonds is 4. The minimum atomic E-state index is -1.08. The van der Waals surface area contributed by atoms with Crippen molar-refractivity contribution in [2.75, 3.05) is 13.4 Å². The van der Waals surface area contributed by atoms with Crippen LogP contribution in [0.2, 0.25) is 0 Å². The third-order valence-electron chi connectivity index (χ3n) is 3.65. The number of H-pyrrole nitrogens is 1. The number of methoxy groups -OCH3 is 1. The van der Waals surface area contributed by atoms with Gasteiger partial charge in [0.05, 0.1) is 23.7 Å². The zero-order chi connectivity index (χ0) is 16.6. The predicted octanol–water partition coefficient (Wildman–Crippen LogP) is 3.18. The number of aromatic amines is 1. The number of nitrogens with one attached hydrogen (secondary N) is 1. The number of carbonyl (C=O) groups is 1. The molecule has 1 heterocycles. The number of Topliss-reactive ketones (excluding diaryl/α,β-unsaturated/α-hetero) is 1. The highest BCUT2D eigenvalue weighted by molar-refractivity contribution is 7.90. The van der Waals surface area contributed by atoms with Crippen LogP contribution in [0.15, 0.2) is 41.3 Å². The van der Waals surface area contributed by atoms with Crippen molar-refractivity contribution < 1.29 is 14.1 Å². The first-order chi connectivity index (χ1) is 11.0. The summed E-state index contributed by atoms with van der Waals surface area (Å²) in [5, 5.41) is 0. The molecule has 1 unspecified atom stereocenters. The largest absolute Gasteiger partial charge is 0.612 e. The van der Waals surface area contributed by atoms with E-state index in [1.807, 2.05) is 12.1 Å². The molecule has 0 fully saturated rings. The Bertz CT molecular complexity index is 887. The second-order valence-corrected chi connectivity index (χ2v) is 6.57. The normalized spacial score (nSPS) is 12.3. The molecule has 2 aromatic carbocycles. The molecular weight excluding hydrogens is 312 g/mol. The minimum absolute atomic E-state index is 0.00353. The third-order valence-corrected chi connectivity index (χ3v) is 4.57. The van der Waals surface area contributed by atoms with Gasteiger partial charge in [-0.1, -0.05) is 0 Å². The average molecular weight is 328 g/mol. The first kappa shape index (κ1) is 15.6. The van der Waals surface area contributed by atoms with E-state index in [4.69, 9.17) is 4.74 Å². The zero-order valence-electron chi connectivity index (χ0n) is 13.0. The minimum Gasteiger partial charge on any atom is -0.612 e. The van der Waals surface area contributed by atoms with Crippen LogP contribution in [0, 0.1) is 0 Å². The lowest BCUT2D eigenvalue weighted by molar-refractivity contribution is 0.101. The summed E-state index contributed by atoms with van der Waals surface area (Å²) in [6, 6.07) is 10.7. The van der Waals surface area contributed by atoms with Crippen molar-refractivity contribution in [2.24, 2.45) is 0 Å². The number of imidazole rings is 1. The van der Waals surface area contributed by atoms with Crippen molar-refractivity contribution >= 4 is 28.0 Å². The van der Waals surface area contributed by atoms with Gasteiger partial charge in [0, 0.05) is 11.6 Å². The summed E-state index contributed by atoms with van der Waals surface area (Å²) in [7, 11) is 1.57. The van der Waals surface area contributed by atoms with Crippen LogP contribution < -0.4 is 4.74 Å². The first-order valence-corrected chi connectivity index (χ1v) is 8.58. The maximum atomic E-state index is 11.6. The van der Waals surface area contributed by atoms with Crippen LogP contribution in [0.1, 0.15) is 17.3 Å². The molecule has 23 heavy (non-hydrogen) atoms. The quantitative estimate of drug-likeness (QED) is 0.589. The summed E-state index contributed by atoms with van der Waals surface area (Å²) >= 11 is -1.08. The van der Waals surface area contributed by atoms with E-state index in [0.717, 1.165) is 16.6 Å². The summed E-state index contributed by atoms with van der Waals surface area (Å²) in [6.45, 7) is 1.53. The zero-order valence-corrected chi connectivity index (χ0v) is 13.9. The molecule has 0 bridgehead atoms. The molecule has 0 aliphatic carbocycles. The average Bonchev–Trinajstić information content (AvgIpc) is 2.96. The lowest BCUT2D eigenvalue weighted by Gasteiger charge is -2.09. The SMILES string of the molecule is COc1cc([S+](C)[O-])ccc1-c1nc2cc(C(C)=O)ccc2[nH]1. The highest BCUT2D eigenvalue weighted by atomic mass is 32.2. The fourth-order valence-corrected chi connectivity index (χ4v) is 2.93. The molecule has 3 rings (SSSR count). The monoisotopic (exact) mass is 328 g/mol. The highest BCUT2D eigenvalue weighted by Gasteiger charge is 2.15. The molecule has 0 saturated carbocycles. The molecule has 0 aliphatic heterocycles. The van der Waals surface area contributed by atoms with Gasteiger partial charge in [-0.25, -0.2) is 4.98 Å². The Balaban J connectivity index is 2.11. The molecule has 5 nitrogen and oxygen atoms in total. The van der Waals surface area contributed by atoms with Crippen molar-refractivity contribution in [3.8, 4) is 17.1 Å². The Morgan fingerprint density at radius 2 is 2.04 bits per heavy atom. The van der Waals surface area contributed by atoms with Gasteiger partial charge in [0.25, 0.3) is 0 Å². The van der Waals surface area contributed by atoms with Gasteiger partial charge in [0.2, 0.25) is 0 Å². The molecule has 1 N–H and O–H groups in total. The maximum absolute atomic E-state index is 11.6. The van der Waals surface area contributed by atoms with Crippen LogP contribution in [0.3, 0.4) is 0 Å². The van der Waals surface area contributed by atoms with Gasteiger partial charge in [-0.05, 0) is 48.4 Å². The predicted molar refractivity (Wildman–Crippen MR) is 90.4 cm³/mol. The maximum Gasteiger partial charge on any atom is 0.159 e. The second kappa shape index (κ2) is 6.06. The van der Waals surface area contributed by atoms with E-state index < -0.39 is 11.2 Å². The lowest BCUT2D eigenvalue weighted by atomic mass is 10.1. The number of hydrogen-bond acceptors (Lipinski definition) is 4. The van der Waals surface area contributed by atoms with Crippen LogP contribution in [0.25, 0.3) is 22.4 Å². The highest BCUT2D eigenvalue weighted by Crippen LogP contribution is 2.31. The second-order valence-electron chi connectivity index (χ2n) is 5.19. The molecule has 0 saturated heterocycles. The van der Waals surface area contributed by atoms with E-state index in [1.54, 1.807) is 37.6 Å². The molecule has 1 atom stereocenters. The molecular formula is C17H16N2O3S. The molecule has 0 spiro atoms. The molecule has 3 aromatic rings. The van der Waals surface area contributed by atoms with Crippen LogP contribution >= 0.6 is 0 Å². The summed E-state index contributed by atoms with van der Waals surface area (Å²) in [5.41, 5.74) is 2.97. The molecule has 0 amide bonds. The van der Waals surface area contributed by atoms with Gasteiger partial charge < -0.3 is 14.3 Å².